The lowest BCUT2D eigenvalue weighted by Gasteiger charge is -2.33. The molecule has 210 valence electrons. The average molecular weight is 565 g/mol. The highest BCUT2D eigenvalue weighted by atomic mass is 19.4. The van der Waals surface area contributed by atoms with Gasteiger partial charge in [-0.05, 0) is 78.1 Å². The summed E-state index contributed by atoms with van der Waals surface area (Å²) in [5, 5.41) is 0. The van der Waals surface area contributed by atoms with E-state index in [9.17, 15) is 35.5 Å². The van der Waals surface area contributed by atoms with E-state index in [0.717, 1.165) is 11.1 Å². The SMILES string of the molecule is C[C@@H](O[C@H]1CN2C(=O)C=C(c3ccncc3)CC2[C@@H]1c1ccc(F)cc1)c1cc(C(F)(F)F)cc(C(F)(F)F)c1. The first-order chi connectivity index (χ1) is 18.8. The van der Waals surface area contributed by atoms with Gasteiger partial charge in [0.2, 0.25) is 5.91 Å². The summed E-state index contributed by atoms with van der Waals surface area (Å²) in [5.41, 5.74) is -0.993. The van der Waals surface area contributed by atoms with Crippen LogP contribution in [0.15, 0.2) is 73.1 Å². The molecule has 4 atom stereocenters. The van der Waals surface area contributed by atoms with Crippen LogP contribution in [0.3, 0.4) is 0 Å². The lowest BCUT2D eigenvalue weighted by Crippen LogP contribution is -2.39. The number of carbonyl (C=O) groups excluding carboxylic acids is 1. The molecule has 2 aliphatic heterocycles. The van der Waals surface area contributed by atoms with Crippen molar-refractivity contribution in [2.75, 3.05) is 6.54 Å². The number of carbonyl (C=O) groups is 1. The molecule has 1 saturated heterocycles. The van der Waals surface area contributed by atoms with E-state index in [1.807, 2.05) is 0 Å². The van der Waals surface area contributed by atoms with Crippen molar-refractivity contribution in [2.24, 2.45) is 0 Å². The number of halogens is 7. The highest BCUT2D eigenvalue weighted by molar-refractivity contribution is 5.97. The molecule has 40 heavy (non-hydrogen) atoms. The normalized spacial score (nSPS) is 22.2. The molecule has 0 bridgehead atoms. The molecule has 5 rings (SSSR count). The minimum atomic E-state index is -5.00. The smallest absolute Gasteiger partial charge is 0.368 e. The van der Waals surface area contributed by atoms with E-state index in [1.165, 1.54) is 25.1 Å². The Kier molecular flexibility index (Phi) is 7.20. The summed E-state index contributed by atoms with van der Waals surface area (Å²) in [4.78, 5) is 18.8. The Hall–Kier alpha value is -3.73. The lowest BCUT2D eigenvalue weighted by molar-refractivity contribution is -0.143. The molecule has 3 aromatic rings. The van der Waals surface area contributed by atoms with Crippen LogP contribution in [0.1, 0.15) is 53.2 Å². The average Bonchev–Trinajstić information content (AvgIpc) is 3.26. The summed E-state index contributed by atoms with van der Waals surface area (Å²) in [7, 11) is 0. The standard InChI is InChI=1S/C29H23F7N2O2/c1-16(19-10-21(28(31,32)33)14-22(11-19)29(34,35)36)40-25-15-38-24(27(25)18-2-4-23(30)5-3-18)12-20(13-26(38)39)17-6-8-37-9-7-17/h2-11,13-14,16,24-25,27H,12,15H2,1H3/t16-,24?,25+,27+/m1/s1. The van der Waals surface area contributed by atoms with Gasteiger partial charge in [0.1, 0.15) is 5.82 Å². The highest BCUT2D eigenvalue weighted by Gasteiger charge is 2.48. The van der Waals surface area contributed by atoms with E-state index < -0.39 is 53.5 Å². The Bertz CT molecular complexity index is 1390. The minimum absolute atomic E-state index is 0.0566. The van der Waals surface area contributed by atoms with Gasteiger partial charge >= 0.3 is 12.4 Å². The van der Waals surface area contributed by atoms with Gasteiger partial charge in [-0.1, -0.05) is 12.1 Å². The number of hydrogen-bond donors (Lipinski definition) is 0. The van der Waals surface area contributed by atoms with E-state index in [-0.39, 0.29) is 24.1 Å². The van der Waals surface area contributed by atoms with E-state index in [1.54, 1.807) is 41.6 Å². The number of rotatable bonds is 5. The second kappa shape index (κ2) is 10.3. The van der Waals surface area contributed by atoms with Crippen molar-refractivity contribution in [3.05, 3.63) is 107 Å². The number of ether oxygens (including phenoxy) is 1. The van der Waals surface area contributed by atoms with Crippen LogP contribution < -0.4 is 0 Å². The lowest BCUT2D eigenvalue weighted by atomic mass is 9.83. The van der Waals surface area contributed by atoms with Crippen molar-refractivity contribution in [1.82, 2.24) is 9.88 Å². The van der Waals surface area contributed by atoms with Crippen LogP contribution in [0, 0.1) is 5.82 Å². The molecule has 11 heteroatoms. The van der Waals surface area contributed by atoms with Gasteiger partial charge in [0.15, 0.2) is 0 Å². The van der Waals surface area contributed by atoms with Gasteiger partial charge in [-0.2, -0.15) is 26.3 Å². The summed E-state index contributed by atoms with van der Waals surface area (Å²) in [6, 6.07) is 10.0. The van der Waals surface area contributed by atoms with Crippen LogP contribution >= 0.6 is 0 Å². The third kappa shape index (κ3) is 5.60. The fourth-order valence-corrected chi connectivity index (χ4v) is 5.46. The molecule has 1 fully saturated rings. The van der Waals surface area contributed by atoms with Gasteiger partial charge in [-0.15, -0.1) is 0 Å². The molecule has 0 N–H and O–H groups in total. The third-order valence-electron chi connectivity index (χ3n) is 7.37. The number of alkyl halides is 6. The Labute approximate surface area is 225 Å². The van der Waals surface area contributed by atoms with Crippen LogP contribution in [0.5, 0.6) is 0 Å². The first-order valence-electron chi connectivity index (χ1n) is 12.4. The van der Waals surface area contributed by atoms with Crippen LogP contribution in [0.25, 0.3) is 5.57 Å². The molecule has 0 spiro atoms. The topological polar surface area (TPSA) is 42.4 Å². The molecule has 0 radical (unpaired) electrons. The molecule has 1 amide bonds. The van der Waals surface area contributed by atoms with Crippen molar-refractivity contribution in [1.29, 1.82) is 0 Å². The Morgan fingerprint density at radius 2 is 1.52 bits per heavy atom. The van der Waals surface area contributed by atoms with Crippen LogP contribution in [0.2, 0.25) is 0 Å². The number of amides is 1. The van der Waals surface area contributed by atoms with Crippen LogP contribution in [-0.2, 0) is 21.9 Å². The van der Waals surface area contributed by atoms with E-state index in [0.29, 0.717) is 24.1 Å². The number of fused-ring (bicyclic) bond motifs is 1. The largest absolute Gasteiger partial charge is 0.416 e. The van der Waals surface area contributed by atoms with Crippen molar-refractivity contribution in [3.63, 3.8) is 0 Å². The highest BCUT2D eigenvalue weighted by Crippen LogP contribution is 2.45. The Morgan fingerprint density at radius 3 is 2.10 bits per heavy atom. The number of pyridine rings is 1. The van der Waals surface area contributed by atoms with Crippen LogP contribution in [-0.4, -0.2) is 34.5 Å². The summed E-state index contributed by atoms with van der Waals surface area (Å²) >= 11 is 0. The Morgan fingerprint density at radius 1 is 0.925 bits per heavy atom. The predicted molar refractivity (Wildman–Crippen MR) is 131 cm³/mol. The van der Waals surface area contributed by atoms with Crippen molar-refractivity contribution in [2.45, 2.75) is 49.9 Å². The quantitative estimate of drug-likeness (QED) is 0.308. The van der Waals surface area contributed by atoms with Gasteiger partial charge in [-0.3, -0.25) is 9.78 Å². The predicted octanol–water partition coefficient (Wildman–Crippen LogP) is 7.19. The first kappa shape index (κ1) is 27.8. The molecule has 3 heterocycles. The van der Waals surface area contributed by atoms with Gasteiger partial charge in [-0.25, -0.2) is 4.39 Å². The zero-order valence-electron chi connectivity index (χ0n) is 21.0. The van der Waals surface area contributed by atoms with E-state index in [2.05, 4.69) is 4.98 Å². The van der Waals surface area contributed by atoms with E-state index in [4.69, 9.17) is 4.74 Å². The third-order valence-corrected chi connectivity index (χ3v) is 7.37. The molecule has 1 aromatic heterocycles. The molecule has 0 saturated carbocycles. The van der Waals surface area contributed by atoms with Crippen molar-refractivity contribution in [3.8, 4) is 0 Å². The van der Waals surface area contributed by atoms with Gasteiger partial charge in [0.05, 0.1) is 23.3 Å². The van der Waals surface area contributed by atoms with Gasteiger partial charge in [0, 0.05) is 37.0 Å². The maximum absolute atomic E-state index is 13.8. The zero-order valence-corrected chi connectivity index (χ0v) is 21.0. The summed E-state index contributed by atoms with van der Waals surface area (Å²) in [6.45, 7) is 1.43. The maximum Gasteiger partial charge on any atom is 0.416 e. The number of nitrogens with zero attached hydrogens (tertiary/aromatic N) is 2. The van der Waals surface area contributed by atoms with Gasteiger partial charge in [0.25, 0.3) is 0 Å². The van der Waals surface area contributed by atoms with Crippen molar-refractivity contribution < 1.29 is 40.3 Å². The second-order valence-electron chi connectivity index (χ2n) is 9.90. The first-order valence-corrected chi connectivity index (χ1v) is 12.4. The zero-order chi connectivity index (χ0) is 28.8. The number of aromatic nitrogens is 1. The fraction of sp³-hybridized carbons (Fsp3) is 0.310. The monoisotopic (exact) mass is 564 g/mol. The minimum Gasteiger partial charge on any atom is -0.368 e. The number of hydrogen-bond acceptors (Lipinski definition) is 3. The molecular weight excluding hydrogens is 541 g/mol. The summed E-state index contributed by atoms with van der Waals surface area (Å²) in [6.07, 6.45) is -6.86. The second-order valence-corrected chi connectivity index (χ2v) is 9.90. The summed E-state index contributed by atoms with van der Waals surface area (Å²) < 4.78 is 101. The molecular formula is C29H23F7N2O2. The van der Waals surface area contributed by atoms with Crippen molar-refractivity contribution >= 4 is 11.5 Å². The summed E-state index contributed by atoms with van der Waals surface area (Å²) in [5.74, 6) is -1.30. The molecule has 4 nitrogen and oxygen atoms in total. The van der Waals surface area contributed by atoms with E-state index >= 15 is 0 Å². The fourth-order valence-electron chi connectivity index (χ4n) is 5.46. The molecule has 1 unspecified atom stereocenters. The maximum atomic E-state index is 13.8. The number of benzene rings is 2. The molecule has 2 aromatic carbocycles. The Balaban J connectivity index is 1.49. The molecule has 2 aliphatic rings. The molecule has 0 aliphatic carbocycles. The van der Waals surface area contributed by atoms with Crippen LogP contribution in [0.4, 0.5) is 30.7 Å². The van der Waals surface area contributed by atoms with Gasteiger partial charge < -0.3 is 9.64 Å².